The summed E-state index contributed by atoms with van der Waals surface area (Å²) in [7, 11) is 0. The Morgan fingerprint density at radius 2 is 1.90 bits per heavy atom. The molecule has 0 N–H and O–H groups in total. The van der Waals surface area contributed by atoms with E-state index in [1.165, 1.54) is 44.1 Å². The van der Waals surface area contributed by atoms with Crippen molar-refractivity contribution in [1.29, 1.82) is 0 Å². The third kappa shape index (κ3) is 2.76. The monoisotopic (exact) mass is 274 g/mol. The smallest absolute Gasteiger partial charge is 0.0259 e. The van der Waals surface area contributed by atoms with Crippen LogP contribution in [-0.4, -0.2) is 0 Å². The lowest BCUT2D eigenvalue weighted by atomic mass is 9.46. The predicted octanol–water partition coefficient (Wildman–Crippen LogP) is 6.39. The van der Waals surface area contributed by atoms with E-state index >= 15 is 0 Å². The third-order valence-corrected chi connectivity index (χ3v) is 6.74. The molecule has 0 saturated heterocycles. The Kier molecular flexibility index (Phi) is 4.52. The molecule has 0 amide bonds. The Balaban J connectivity index is 2.26. The standard InChI is InChI=1S/C20H34/c1-7-15(2)9-11-17-16(3)10-12-18-19(4,5)13-8-14-20(17,18)6/h7,9,16-18H,1,8,10-14H2,2-6H3/b15-9-/t16?,17-,18?,20+/m0/s1. The topological polar surface area (TPSA) is 0 Å². The van der Waals surface area contributed by atoms with E-state index in [9.17, 15) is 0 Å². The van der Waals surface area contributed by atoms with E-state index in [0.29, 0.717) is 10.8 Å². The Morgan fingerprint density at radius 1 is 1.20 bits per heavy atom. The molecule has 2 saturated carbocycles. The summed E-state index contributed by atoms with van der Waals surface area (Å²) in [4.78, 5) is 0. The number of rotatable bonds is 3. The minimum atomic E-state index is 0.544. The van der Waals surface area contributed by atoms with Crippen LogP contribution in [-0.2, 0) is 0 Å². The van der Waals surface area contributed by atoms with Gasteiger partial charge in [-0.2, -0.15) is 0 Å². The van der Waals surface area contributed by atoms with Gasteiger partial charge in [-0.05, 0) is 61.2 Å². The molecule has 4 atom stereocenters. The molecule has 0 spiro atoms. The van der Waals surface area contributed by atoms with Gasteiger partial charge in [-0.25, -0.2) is 0 Å². The van der Waals surface area contributed by atoms with Gasteiger partial charge >= 0.3 is 0 Å². The van der Waals surface area contributed by atoms with Crippen molar-refractivity contribution in [2.45, 2.75) is 73.1 Å². The summed E-state index contributed by atoms with van der Waals surface area (Å²) in [5.74, 6) is 2.65. The van der Waals surface area contributed by atoms with Crippen molar-refractivity contribution < 1.29 is 0 Å². The Hall–Kier alpha value is -0.520. The fourth-order valence-corrected chi connectivity index (χ4v) is 5.51. The molecule has 2 aliphatic rings. The van der Waals surface area contributed by atoms with Gasteiger partial charge in [0.2, 0.25) is 0 Å². The predicted molar refractivity (Wildman–Crippen MR) is 89.7 cm³/mol. The Bertz CT molecular complexity index is 387. The number of allylic oxidation sites excluding steroid dienone is 3. The summed E-state index contributed by atoms with van der Waals surface area (Å²) in [5.41, 5.74) is 2.44. The maximum atomic E-state index is 3.90. The lowest BCUT2D eigenvalue weighted by Gasteiger charge is -2.59. The highest BCUT2D eigenvalue weighted by atomic mass is 14.6. The molecule has 114 valence electrons. The van der Waals surface area contributed by atoms with Crippen molar-refractivity contribution in [3.63, 3.8) is 0 Å². The van der Waals surface area contributed by atoms with Crippen LogP contribution in [0.15, 0.2) is 24.3 Å². The molecular formula is C20H34. The first kappa shape index (κ1) is 15.9. The molecule has 0 heterocycles. The Morgan fingerprint density at radius 3 is 2.55 bits per heavy atom. The van der Waals surface area contributed by atoms with Crippen LogP contribution < -0.4 is 0 Å². The minimum Gasteiger partial charge on any atom is -0.0988 e. The summed E-state index contributed by atoms with van der Waals surface area (Å²) in [6.07, 6.45) is 12.9. The highest BCUT2D eigenvalue weighted by molar-refractivity contribution is 5.14. The van der Waals surface area contributed by atoms with E-state index in [1.54, 1.807) is 0 Å². The van der Waals surface area contributed by atoms with Crippen LogP contribution in [0.3, 0.4) is 0 Å². The normalized spacial score (nSPS) is 41.0. The largest absolute Gasteiger partial charge is 0.0988 e. The zero-order valence-corrected chi connectivity index (χ0v) is 14.3. The fraction of sp³-hybridized carbons (Fsp3) is 0.800. The van der Waals surface area contributed by atoms with Crippen LogP contribution in [0.2, 0.25) is 0 Å². The van der Waals surface area contributed by atoms with Crippen molar-refractivity contribution in [1.82, 2.24) is 0 Å². The molecule has 0 bridgehead atoms. The van der Waals surface area contributed by atoms with Crippen molar-refractivity contribution in [3.8, 4) is 0 Å². The van der Waals surface area contributed by atoms with Gasteiger partial charge in [-0.1, -0.05) is 64.8 Å². The first-order valence-corrected chi connectivity index (χ1v) is 8.60. The van der Waals surface area contributed by atoms with Gasteiger partial charge in [-0.15, -0.1) is 0 Å². The van der Waals surface area contributed by atoms with Crippen LogP contribution in [0.1, 0.15) is 73.1 Å². The van der Waals surface area contributed by atoms with Gasteiger partial charge in [0.05, 0.1) is 0 Å². The lowest BCUT2D eigenvalue weighted by Crippen LogP contribution is -2.51. The summed E-state index contributed by atoms with van der Waals surface area (Å²) < 4.78 is 0. The Labute approximate surface area is 126 Å². The molecule has 2 fully saturated rings. The molecule has 0 aromatic heterocycles. The van der Waals surface area contributed by atoms with E-state index in [2.05, 4.69) is 47.3 Å². The quantitative estimate of drug-likeness (QED) is 0.523. The molecule has 0 radical (unpaired) electrons. The van der Waals surface area contributed by atoms with Crippen LogP contribution in [0, 0.1) is 28.6 Å². The summed E-state index contributed by atoms with van der Waals surface area (Å²) in [6.45, 7) is 16.2. The van der Waals surface area contributed by atoms with Crippen molar-refractivity contribution in [3.05, 3.63) is 24.3 Å². The van der Waals surface area contributed by atoms with Crippen LogP contribution in [0.25, 0.3) is 0 Å². The van der Waals surface area contributed by atoms with E-state index in [0.717, 1.165) is 17.8 Å². The second kappa shape index (κ2) is 5.70. The zero-order chi connectivity index (χ0) is 15.0. The number of hydrogen-bond donors (Lipinski definition) is 0. The van der Waals surface area contributed by atoms with E-state index in [-0.39, 0.29) is 0 Å². The van der Waals surface area contributed by atoms with Crippen LogP contribution in [0.5, 0.6) is 0 Å². The van der Waals surface area contributed by atoms with E-state index in [4.69, 9.17) is 0 Å². The average Bonchev–Trinajstić information content (AvgIpc) is 2.36. The molecule has 2 rings (SSSR count). The summed E-state index contributed by atoms with van der Waals surface area (Å²) in [5, 5.41) is 0. The van der Waals surface area contributed by atoms with Gasteiger partial charge in [0.25, 0.3) is 0 Å². The van der Waals surface area contributed by atoms with Gasteiger partial charge in [0.15, 0.2) is 0 Å². The highest BCUT2D eigenvalue weighted by Gasteiger charge is 2.53. The molecule has 2 aliphatic carbocycles. The molecule has 0 aliphatic heterocycles. The first-order chi connectivity index (χ1) is 9.31. The second-order valence-electron chi connectivity index (χ2n) is 8.45. The van der Waals surface area contributed by atoms with Gasteiger partial charge < -0.3 is 0 Å². The van der Waals surface area contributed by atoms with Crippen LogP contribution in [0.4, 0.5) is 0 Å². The average molecular weight is 274 g/mol. The van der Waals surface area contributed by atoms with E-state index < -0.39 is 0 Å². The molecule has 20 heavy (non-hydrogen) atoms. The molecule has 0 aromatic rings. The molecular weight excluding hydrogens is 240 g/mol. The fourth-order valence-electron chi connectivity index (χ4n) is 5.51. The summed E-state index contributed by atoms with van der Waals surface area (Å²) in [6, 6.07) is 0. The third-order valence-electron chi connectivity index (χ3n) is 6.74. The molecule has 0 heteroatoms. The summed E-state index contributed by atoms with van der Waals surface area (Å²) >= 11 is 0. The highest BCUT2D eigenvalue weighted by Crippen LogP contribution is 2.61. The van der Waals surface area contributed by atoms with Crippen molar-refractivity contribution in [2.75, 3.05) is 0 Å². The SMILES string of the molecule is C=C/C(C)=C\C[C@H]1C(C)CCC2C(C)(C)CCC[C@@]21C. The lowest BCUT2D eigenvalue weighted by molar-refractivity contribution is -0.0922. The van der Waals surface area contributed by atoms with Crippen LogP contribution >= 0.6 is 0 Å². The maximum Gasteiger partial charge on any atom is -0.0259 e. The molecule has 2 unspecified atom stereocenters. The zero-order valence-electron chi connectivity index (χ0n) is 14.3. The molecule has 0 nitrogen and oxygen atoms in total. The van der Waals surface area contributed by atoms with E-state index in [1.807, 2.05) is 6.08 Å². The van der Waals surface area contributed by atoms with Crippen molar-refractivity contribution >= 4 is 0 Å². The van der Waals surface area contributed by atoms with Gasteiger partial charge in [0, 0.05) is 0 Å². The maximum absolute atomic E-state index is 3.90. The van der Waals surface area contributed by atoms with Gasteiger partial charge in [-0.3, -0.25) is 0 Å². The van der Waals surface area contributed by atoms with Gasteiger partial charge in [0.1, 0.15) is 0 Å². The second-order valence-corrected chi connectivity index (χ2v) is 8.45. The number of fused-ring (bicyclic) bond motifs is 1. The minimum absolute atomic E-state index is 0.544. The first-order valence-electron chi connectivity index (χ1n) is 8.60. The molecule has 0 aromatic carbocycles. The number of hydrogen-bond acceptors (Lipinski definition) is 0. The van der Waals surface area contributed by atoms with Crippen molar-refractivity contribution in [2.24, 2.45) is 28.6 Å².